The highest BCUT2D eigenvalue weighted by atomic mass is 19.4. The van der Waals surface area contributed by atoms with E-state index < -0.39 is 29.1 Å². The summed E-state index contributed by atoms with van der Waals surface area (Å²) in [4.78, 5) is 0. The van der Waals surface area contributed by atoms with Gasteiger partial charge in [-0.2, -0.15) is 26.3 Å². The molecule has 0 saturated heterocycles. The fourth-order valence-electron chi connectivity index (χ4n) is 1.15. The molecule has 0 N–H and O–H groups in total. The van der Waals surface area contributed by atoms with E-state index in [-0.39, 0.29) is 13.0 Å². The highest BCUT2D eigenvalue weighted by Gasteiger charge is 2.53. The van der Waals surface area contributed by atoms with Crippen molar-refractivity contribution < 1.29 is 30.7 Å². The molecule has 0 radical (unpaired) electrons. The normalized spacial score (nSPS) is 16.7. The molecule has 0 saturated carbocycles. The lowest BCUT2D eigenvalue weighted by Crippen LogP contribution is -2.35. The maximum atomic E-state index is 13.4. The van der Waals surface area contributed by atoms with Crippen LogP contribution in [-0.2, 0) is 11.8 Å². The number of hydrogen-bond acceptors (Lipinski definition) is 0. The lowest BCUT2D eigenvalue weighted by atomic mass is 9.95. The van der Waals surface area contributed by atoms with E-state index in [1.165, 1.54) is 0 Å². The second kappa shape index (κ2) is 3.89. The first-order chi connectivity index (χ1) is 7.46. The summed E-state index contributed by atoms with van der Waals surface area (Å²) in [6.45, 7) is 0.183. The zero-order valence-electron chi connectivity index (χ0n) is 8.46. The van der Waals surface area contributed by atoms with Gasteiger partial charge in [-0.15, -0.1) is 0 Å². The van der Waals surface area contributed by atoms with Crippen LogP contribution >= 0.6 is 0 Å². The standard InChI is InChI=1S/C10H7F7/c1-8(11,10(15,16)17)6-3-2-4-7(5-6)9(12,13)14/h2-5H,1H3. The van der Waals surface area contributed by atoms with Gasteiger partial charge >= 0.3 is 12.4 Å². The largest absolute Gasteiger partial charge is 0.426 e. The van der Waals surface area contributed by atoms with Gasteiger partial charge < -0.3 is 0 Å². The lowest BCUT2D eigenvalue weighted by molar-refractivity contribution is -0.228. The van der Waals surface area contributed by atoms with E-state index in [9.17, 15) is 30.7 Å². The monoisotopic (exact) mass is 260 g/mol. The summed E-state index contributed by atoms with van der Waals surface area (Å²) in [6.07, 6.45) is -10.1. The Labute approximate surface area is 92.0 Å². The minimum atomic E-state index is -5.27. The Morgan fingerprint density at radius 2 is 1.29 bits per heavy atom. The second-order valence-corrected chi connectivity index (χ2v) is 3.58. The van der Waals surface area contributed by atoms with Gasteiger partial charge in [0.1, 0.15) is 0 Å². The van der Waals surface area contributed by atoms with E-state index in [1.54, 1.807) is 0 Å². The van der Waals surface area contributed by atoms with E-state index in [0.29, 0.717) is 12.1 Å². The molecule has 0 amide bonds. The molecule has 0 aliphatic heterocycles. The van der Waals surface area contributed by atoms with Crippen molar-refractivity contribution in [1.29, 1.82) is 0 Å². The molecule has 1 atom stereocenters. The Bertz CT molecular complexity index is 400. The third-order valence-electron chi connectivity index (χ3n) is 2.26. The van der Waals surface area contributed by atoms with E-state index in [2.05, 4.69) is 0 Å². The molecule has 0 bridgehead atoms. The Balaban J connectivity index is 3.26. The predicted molar refractivity (Wildman–Crippen MR) is 46.0 cm³/mol. The molecule has 1 aromatic carbocycles. The van der Waals surface area contributed by atoms with Crippen LogP contribution in [0.4, 0.5) is 30.7 Å². The molecule has 0 fully saturated rings. The van der Waals surface area contributed by atoms with Crippen molar-refractivity contribution >= 4 is 0 Å². The van der Waals surface area contributed by atoms with E-state index in [0.717, 1.165) is 6.07 Å². The summed E-state index contributed by atoms with van der Waals surface area (Å²) >= 11 is 0. The summed E-state index contributed by atoms with van der Waals surface area (Å²) < 4.78 is 87.0. The van der Waals surface area contributed by atoms with Crippen molar-refractivity contribution in [1.82, 2.24) is 0 Å². The van der Waals surface area contributed by atoms with E-state index in [4.69, 9.17) is 0 Å². The van der Waals surface area contributed by atoms with Crippen LogP contribution in [0.5, 0.6) is 0 Å². The van der Waals surface area contributed by atoms with Crippen molar-refractivity contribution in [2.75, 3.05) is 0 Å². The molecule has 7 heteroatoms. The highest BCUT2D eigenvalue weighted by Crippen LogP contribution is 2.43. The number of rotatable bonds is 1. The molecule has 1 aromatic rings. The summed E-state index contributed by atoms with van der Waals surface area (Å²) in [7, 11) is 0. The van der Waals surface area contributed by atoms with Crippen molar-refractivity contribution in [3.8, 4) is 0 Å². The van der Waals surface area contributed by atoms with Gasteiger partial charge in [-0.25, -0.2) is 4.39 Å². The molecular weight excluding hydrogens is 253 g/mol. The number of benzene rings is 1. The van der Waals surface area contributed by atoms with Gasteiger partial charge in [-0.3, -0.25) is 0 Å². The van der Waals surface area contributed by atoms with Crippen LogP contribution in [0.3, 0.4) is 0 Å². The Morgan fingerprint density at radius 3 is 1.71 bits per heavy atom. The van der Waals surface area contributed by atoms with Crippen molar-refractivity contribution in [2.45, 2.75) is 24.9 Å². The van der Waals surface area contributed by atoms with Gasteiger partial charge in [0.2, 0.25) is 5.67 Å². The zero-order valence-corrected chi connectivity index (χ0v) is 8.46. The van der Waals surface area contributed by atoms with Crippen molar-refractivity contribution in [2.24, 2.45) is 0 Å². The molecule has 17 heavy (non-hydrogen) atoms. The van der Waals surface area contributed by atoms with Crippen LogP contribution in [0.25, 0.3) is 0 Å². The van der Waals surface area contributed by atoms with Gasteiger partial charge in [-0.1, -0.05) is 12.1 Å². The maximum Gasteiger partial charge on any atom is 0.426 e. The molecular formula is C10H7F7. The molecule has 1 rings (SSSR count). The van der Waals surface area contributed by atoms with Crippen LogP contribution in [0.15, 0.2) is 24.3 Å². The lowest BCUT2D eigenvalue weighted by Gasteiger charge is -2.24. The SMILES string of the molecule is CC(F)(c1cccc(C(F)(F)F)c1)C(F)(F)F. The Kier molecular flexibility index (Phi) is 3.15. The minimum absolute atomic E-state index is 0.160. The number of alkyl halides is 7. The molecule has 96 valence electrons. The fourth-order valence-corrected chi connectivity index (χ4v) is 1.15. The molecule has 0 aliphatic rings. The number of hydrogen-bond donors (Lipinski definition) is 0. The first-order valence-corrected chi connectivity index (χ1v) is 4.39. The van der Waals surface area contributed by atoms with Gasteiger partial charge in [-0.05, 0) is 24.6 Å². The summed E-state index contributed by atoms with van der Waals surface area (Å²) in [5.74, 6) is 0. The van der Waals surface area contributed by atoms with Gasteiger partial charge in [0.25, 0.3) is 0 Å². The van der Waals surface area contributed by atoms with E-state index >= 15 is 0 Å². The second-order valence-electron chi connectivity index (χ2n) is 3.58. The summed E-state index contributed by atoms with van der Waals surface area (Å²) in [6, 6.07) is 2.15. The van der Waals surface area contributed by atoms with Crippen LogP contribution in [-0.4, -0.2) is 6.18 Å². The molecule has 0 aromatic heterocycles. The average Bonchev–Trinajstić information content (AvgIpc) is 2.15. The maximum absolute atomic E-state index is 13.4. The topological polar surface area (TPSA) is 0 Å². The molecule has 1 unspecified atom stereocenters. The van der Waals surface area contributed by atoms with E-state index in [1.807, 2.05) is 0 Å². The van der Waals surface area contributed by atoms with Crippen LogP contribution in [0.1, 0.15) is 18.1 Å². The van der Waals surface area contributed by atoms with Crippen molar-refractivity contribution in [3.05, 3.63) is 35.4 Å². The average molecular weight is 260 g/mol. The molecule has 0 heterocycles. The first kappa shape index (κ1) is 13.8. The third kappa shape index (κ3) is 2.70. The zero-order chi connectivity index (χ0) is 13.5. The number of halogens is 7. The third-order valence-corrected chi connectivity index (χ3v) is 2.26. The van der Waals surface area contributed by atoms with Crippen LogP contribution in [0.2, 0.25) is 0 Å². The van der Waals surface area contributed by atoms with Crippen LogP contribution < -0.4 is 0 Å². The first-order valence-electron chi connectivity index (χ1n) is 4.39. The van der Waals surface area contributed by atoms with Gasteiger partial charge in [0.05, 0.1) is 5.56 Å². The molecule has 0 aliphatic carbocycles. The van der Waals surface area contributed by atoms with Gasteiger partial charge in [0, 0.05) is 0 Å². The quantitative estimate of drug-likeness (QED) is 0.654. The summed E-state index contributed by atoms with van der Waals surface area (Å²) in [5, 5.41) is 0. The van der Waals surface area contributed by atoms with Crippen LogP contribution in [0, 0.1) is 0 Å². The van der Waals surface area contributed by atoms with Crippen molar-refractivity contribution in [3.63, 3.8) is 0 Å². The summed E-state index contributed by atoms with van der Waals surface area (Å²) in [5.41, 5.74) is -6.20. The highest BCUT2D eigenvalue weighted by molar-refractivity contribution is 5.30. The Hall–Kier alpha value is -1.27. The minimum Gasteiger partial charge on any atom is -0.229 e. The fraction of sp³-hybridized carbons (Fsp3) is 0.400. The Morgan fingerprint density at radius 1 is 0.824 bits per heavy atom. The smallest absolute Gasteiger partial charge is 0.229 e. The predicted octanol–water partition coefficient (Wildman–Crippen LogP) is 4.45. The molecule has 0 nitrogen and oxygen atoms in total. The molecule has 0 spiro atoms. The van der Waals surface area contributed by atoms with Gasteiger partial charge in [0.15, 0.2) is 0 Å².